The average molecular weight is 238 g/mol. The molecule has 0 radical (unpaired) electrons. The fraction of sp³-hybridized carbons (Fsp3) is 0.100. The van der Waals surface area contributed by atoms with Crippen LogP contribution in [-0.4, -0.2) is 26.4 Å². The summed E-state index contributed by atoms with van der Waals surface area (Å²) in [6.45, 7) is 4.51. The van der Waals surface area contributed by atoms with Crippen molar-refractivity contribution in [2.75, 3.05) is 6.61 Å². The van der Waals surface area contributed by atoms with Crippen LogP contribution in [0.25, 0.3) is 0 Å². The first-order valence-electron chi connectivity index (χ1n) is 3.97. The van der Waals surface area contributed by atoms with Gasteiger partial charge in [0.25, 0.3) is 0 Å². The molecule has 2 nitrogen and oxygen atoms in total. The van der Waals surface area contributed by atoms with Gasteiger partial charge in [-0.25, -0.2) is 0 Å². The van der Waals surface area contributed by atoms with Crippen LogP contribution in [0.2, 0.25) is 0 Å². The normalized spacial score (nSPS) is 19.1. The summed E-state index contributed by atoms with van der Waals surface area (Å²) in [6, 6.07) is 9.84. The van der Waals surface area contributed by atoms with E-state index in [9.17, 15) is 0 Å². The van der Waals surface area contributed by atoms with E-state index < -0.39 is 0 Å². The summed E-state index contributed by atoms with van der Waals surface area (Å²) >= 11 is 0.232. The van der Waals surface area contributed by atoms with Gasteiger partial charge in [0.2, 0.25) is 0 Å². The Kier molecular flexibility index (Phi) is 2.48. The Bertz CT molecular complexity index is 345. The van der Waals surface area contributed by atoms with Crippen molar-refractivity contribution in [2.24, 2.45) is 4.99 Å². The Hall–Kier alpha value is -1.05. The van der Waals surface area contributed by atoms with E-state index in [-0.39, 0.29) is 15.0 Å². The maximum absolute atomic E-state index is 5.35. The second-order valence-corrected chi connectivity index (χ2v) is 5.01. The Labute approximate surface area is 83.5 Å². The molecule has 2 rings (SSSR count). The van der Waals surface area contributed by atoms with Crippen molar-refractivity contribution < 1.29 is 4.74 Å². The fourth-order valence-electron chi connectivity index (χ4n) is 0.988. The van der Waals surface area contributed by atoms with Crippen molar-refractivity contribution in [1.82, 2.24) is 0 Å². The molecule has 1 aliphatic heterocycles. The number of ether oxygens (including phenoxy) is 1. The van der Waals surface area contributed by atoms with Gasteiger partial charge in [0.15, 0.2) is 0 Å². The second-order valence-electron chi connectivity index (χ2n) is 2.64. The molecule has 0 spiro atoms. The zero-order valence-corrected chi connectivity index (χ0v) is 8.78. The molecule has 0 aliphatic carbocycles. The number of aliphatic imine (C=N–C) groups is 1. The van der Waals surface area contributed by atoms with E-state index in [2.05, 4.69) is 11.6 Å². The molecule has 0 unspecified atom stereocenters. The van der Waals surface area contributed by atoms with E-state index in [0.29, 0.717) is 6.61 Å². The third-order valence-electron chi connectivity index (χ3n) is 1.56. The van der Waals surface area contributed by atoms with Crippen molar-refractivity contribution in [3.63, 3.8) is 0 Å². The summed E-state index contributed by atoms with van der Waals surface area (Å²) in [5.74, 6) is 0. The van der Waals surface area contributed by atoms with E-state index in [0.717, 1.165) is 15.0 Å². The van der Waals surface area contributed by atoms with E-state index in [1.54, 1.807) is 0 Å². The van der Waals surface area contributed by atoms with Crippen LogP contribution in [0.1, 0.15) is 0 Å². The SMILES string of the molecule is C=C1COC(=Nc2ccccc2)[Se]1. The second kappa shape index (κ2) is 3.77. The zero-order chi connectivity index (χ0) is 9.10. The minimum absolute atomic E-state index is 0.232. The molecule has 0 N–H and O–H groups in total. The van der Waals surface area contributed by atoms with Gasteiger partial charge in [0.05, 0.1) is 0 Å². The van der Waals surface area contributed by atoms with Crippen molar-refractivity contribution in [2.45, 2.75) is 0 Å². The number of hydrogen-bond acceptors (Lipinski definition) is 2. The molecule has 0 atom stereocenters. The monoisotopic (exact) mass is 239 g/mol. The fourth-order valence-corrected chi connectivity index (χ4v) is 2.32. The molecule has 1 fully saturated rings. The summed E-state index contributed by atoms with van der Waals surface area (Å²) in [6.07, 6.45) is 0. The Balaban J connectivity index is 2.17. The third-order valence-corrected chi connectivity index (χ3v) is 3.22. The number of para-hydroxylation sites is 1. The number of rotatable bonds is 1. The van der Waals surface area contributed by atoms with E-state index in [1.807, 2.05) is 30.3 Å². The van der Waals surface area contributed by atoms with Crippen LogP contribution < -0.4 is 0 Å². The van der Waals surface area contributed by atoms with Gasteiger partial charge < -0.3 is 0 Å². The van der Waals surface area contributed by atoms with Crippen molar-refractivity contribution in [1.29, 1.82) is 0 Å². The quantitative estimate of drug-likeness (QED) is 0.685. The molecule has 3 heteroatoms. The van der Waals surface area contributed by atoms with Crippen LogP contribution in [0.5, 0.6) is 0 Å². The molecule has 0 amide bonds. The van der Waals surface area contributed by atoms with Crippen molar-refractivity contribution in [3.8, 4) is 0 Å². The number of hydrogen-bond donors (Lipinski definition) is 0. The molecule has 1 aliphatic rings. The maximum atomic E-state index is 5.35. The summed E-state index contributed by atoms with van der Waals surface area (Å²) in [5, 5.41) is 0. The van der Waals surface area contributed by atoms with Crippen LogP contribution in [0.4, 0.5) is 5.69 Å². The molecule has 0 bridgehead atoms. The van der Waals surface area contributed by atoms with Gasteiger partial charge in [0, 0.05) is 0 Å². The topological polar surface area (TPSA) is 21.6 Å². The first kappa shape index (κ1) is 8.54. The first-order valence-corrected chi connectivity index (χ1v) is 5.68. The molecule has 1 aromatic rings. The van der Waals surface area contributed by atoms with Gasteiger partial charge in [0.1, 0.15) is 0 Å². The minimum atomic E-state index is 0.232. The van der Waals surface area contributed by atoms with E-state index in [1.165, 1.54) is 0 Å². The van der Waals surface area contributed by atoms with Crippen molar-refractivity contribution >= 4 is 25.4 Å². The molecule has 0 aromatic heterocycles. The van der Waals surface area contributed by atoms with Gasteiger partial charge in [-0.3, -0.25) is 0 Å². The zero-order valence-electron chi connectivity index (χ0n) is 7.06. The van der Waals surface area contributed by atoms with Gasteiger partial charge >= 0.3 is 83.2 Å². The number of nitrogens with zero attached hydrogens (tertiary/aromatic N) is 1. The Morgan fingerprint density at radius 3 is 2.69 bits per heavy atom. The summed E-state index contributed by atoms with van der Waals surface area (Å²) in [7, 11) is 0. The average Bonchev–Trinajstić information content (AvgIpc) is 2.53. The van der Waals surface area contributed by atoms with Crippen LogP contribution in [0.3, 0.4) is 0 Å². The molecule has 1 aromatic carbocycles. The molecule has 0 saturated carbocycles. The molecule has 66 valence electrons. The molecule has 1 saturated heterocycles. The van der Waals surface area contributed by atoms with Crippen LogP contribution in [-0.2, 0) is 4.74 Å². The third kappa shape index (κ3) is 2.20. The molecular formula is C10H9NOSe. The van der Waals surface area contributed by atoms with Crippen LogP contribution >= 0.6 is 0 Å². The van der Waals surface area contributed by atoms with E-state index in [4.69, 9.17) is 4.74 Å². The van der Waals surface area contributed by atoms with Gasteiger partial charge in [-0.1, -0.05) is 0 Å². The molecular weight excluding hydrogens is 229 g/mol. The van der Waals surface area contributed by atoms with Crippen LogP contribution in [0, 0.1) is 0 Å². The summed E-state index contributed by atoms with van der Waals surface area (Å²) < 4.78 is 6.50. The summed E-state index contributed by atoms with van der Waals surface area (Å²) in [4.78, 5) is 5.21. The van der Waals surface area contributed by atoms with Crippen molar-refractivity contribution in [3.05, 3.63) is 41.4 Å². The summed E-state index contributed by atoms with van der Waals surface area (Å²) in [5.41, 5.74) is 0.953. The molecule has 1 heterocycles. The first-order chi connectivity index (χ1) is 6.34. The van der Waals surface area contributed by atoms with Crippen LogP contribution in [0.15, 0.2) is 46.4 Å². The Morgan fingerprint density at radius 2 is 2.08 bits per heavy atom. The predicted molar refractivity (Wildman–Crippen MR) is 54.4 cm³/mol. The van der Waals surface area contributed by atoms with Gasteiger partial charge in [-0.05, 0) is 0 Å². The Morgan fingerprint density at radius 1 is 1.31 bits per heavy atom. The number of benzene rings is 1. The molecule has 13 heavy (non-hydrogen) atoms. The van der Waals surface area contributed by atoms with Gasteiger partial charge in [-0.2, -0.15) is 0 Å². The standard InChI is InChI=1S/C10H9NOSe/c1-8-7-12-10(13-8)11-9-5-3-2-4-6-9/h2-6H,1,7H2. The predicted octanol–water partition coefficient (Wildman–Crippen LogP) is 1.92. The van der Waals surface area contributed by atoms with Gasteiger partial charge in [-0.15, -0.1) is 0 Å². The van der Waals surface area contributed by atoms with E-state index >= 15 is 0 Å².